The monoisotopic (exact) mass is 394 g/mol. The average molecular weight is 395 g/mol. The fourth-order valence-corrected chi connectivity index (χ4v) is 3.11. The normalized spacial score (nSPS) is 10.8. The lowest BCUT2D eigenvalue weighted by Crippen LogP contribution is -1.99. The maximum Gasteiger partial charge on any atom is 0.337 e. The zero-order chi connectivity index (χ0) is 19.7. The molecule has 0 fully saturated rings. The number of hydrogen-bond donors (Lipinski definition) is 2. The molecule has 0 saturated heterocycles. The fourth-order valence-electron chi connectivity index (χ4n) is 2.85. The van der Waals surface area contributed by atoms with E-state index in [-0.39, 0.29) is 10.6 Å². The first-order valence-electron chi connectivity index (χ1n) is 8.35. The second-order valence-corrected chi connectivity index (χ2v) is 6.39. The number of carboxylic acid groups (broad SMARTS) is 1. The van der Waals surface area contributed by atoms with Crippen LogP contribution in [-0.4, -0.2) is 32.8 Å². The Hall–Kier alpha value is -3.58. The lowest BCUT2D eigenvalue weighted by Gasteiger charge is -2.04. The summed E-state index contributed by atoms with van der Waals surface area (Å²) in [5, 5.41) is 16.7. The predicted octanol–water partition coefficient (Wildman–Crippen LogP) is 4.50. The van der Waals surface area contributed by atoms with E-state index < -0.39 is 5.97 Å². The number of benzene rings is 2. The number of carbonyl (C=O) groups is 1. The molecule has 4 rings (SSSR count). The van der Waals surface area contributed by atoms with E-state index in [9.17, 15) is 4.79 Å². The van der Waals surface area contributed by atoms with Gasteiger partial charge in [0.15, 0.2) is 5.65 Å². The molecule has 8 heteroatoms. The summed E-state index contributed by atoms with van der Waals surface area (Å²) in [7, 11) is 1.63. The van der Waals surface area contributed by atoms with Gasteiger partial charge in [0, 0.05) is 17.4 Å². The van der Waals surface area contributed by atoms with Crippen molar-refractivity contribution in [1.82, 2.24) is 14.6 Å². The van der Waals surface area contributed by atoms with Gasteiger partial charge in [-0.3, -0.25) is 0 Å². The van der Waals surface area contributed by atoms with Gasteiger partial charge in [0.2, 0.25) is 5.95 Å². The third-order valence-corrected chi connectivity index (χ3v) is 4.53. The van der Waals surface area contributed by atoms with Crippen molar-refractivity contribution in [2.45, 2.75) is 0 Å². The van der Waals surface area contributed by atoms with Crippen LogP contribution in [0.4, 0.5) is 11.6 Å². The van der Waals surface area contributed by atoms with Crippen molar-refractivity contribution >= 4 is 34.9 Å². The summed E-state index contributed by atoms with van der Waals surface area (Å²) in [4.78, 5) is 15.6. The van der Waals surface area contributed by atoms with E-state index in [0.717, 1.165) is 16.9 Å². The first-order chi connectivity index (χ1) is 13.5. The molecule has 0 radical (unpaired) electrons. The third-order valence-electron chi connectivity index (χ3n) is 4.22. The first-order valence-corrected chi connectivity index (χ1v) is 8.72. The largest absolute Gasteiger partial charge is 0.497 e. The highest BCUT2D eigenvalue weighted by Crippen LogP contribution is 2.27. The fraction of sp³-hybridized carbons (Fsp3) is 0.0500. The standard InChI is InChI=1S/C20H15ClN4O3/c1-28-14-7-4-12(5-8-14)15-3-2-10-25-18(15)23-20(24-25)22-13-6-9-16(19(26)27)17(21)11-13/h2-11H,1H3,(H,22,24)(H,26,27). The van der Waals surface area contributed by atoms with Gasteiger partial charge < -0.3 is 15.2 Å². The van der Waals surface area contributed by atoms with Crippen LogP contribution in [0, 0.1) is 0 Å². The molecule has 140 valence electrons. The molecule has 0 amide bonds. The molecule has 4 aromatic rings. The minimum atomic E-state index is -1.08. The summed E-state index contributed by atoms with van der Waals surface area (Å²) in [5.74, 6) is 0.0767. The van der Waals surface area contributed by atoms with Gasteiger partial charge in [-0.1, -0.05) is 23.7 Å². The van der Waals surface area contributed by atoms with Crippen molar-refractivity contribution in [2.75, 3.05) is 12.4 Å². The molecule has 0 aliphatic carbocycles. The van der Waals surface area contributed by atoms with E-state index >= 15 is 0 Å². The average Bonchev–Trinajstić information content (AvgIpc) is 3.10. The summed E-state index contributed by atoms with van der Waals surface area (Å²) in [6, 6.07) is 16.1. The zero-order valence-electron chi connectivity index (χ0n) is 14.8. The number of nitrogens with zero attached hydrogens (tertiary/aromatic N) is 3. The highest BCUT2D eigenvalue weighted by Gasteiger charge is 2.12. The second kappa shape index (κ2) is 7.21. The maximum absolute atomic E-state index is 11.1. The minimum absolute atomic E-state index is 0.0389. The number of carboxylic acids is 1. The molecule has 2 aromatic carbocycles. The van der Waals surface area contributed by atoms with E-state index in [1.165, 1.54) is 12.1 Å². The number of nitrogens with one attached hydrogen (secondary N) is 1. The summed E-state index contributed by atoms with van der Waals surface area (Å²) in [6.45, 7) is 0. The molecule has 2 N–H and O–H groups in total. The van der Waals surface area contributed by atoms with Crippen LogP contribution in [0.25, 0.3) is 16.8 Å². The highest BCUT2D eigenvalue weighted by atomic mass is 35.5. The van der Waals surface area contributed by atoms with Gasteiger partial charge in [0.1, 0.15) is 5.75 Å². The molecule has 2 heterocycles. The Morgan fingerprint density at radius 3 is 2.64 bits per heavy atom. The van der Waals surface area contributed by atoms with Gasteiger partial charge in [0.25, 0.3) is 0 Å². The molecule has 0 aliphatic heterocycles. The van der Waals surface area contributed by atoms with Crippen LogP contribution in [0.1, 0.15) is 10.4 Å². The van der Waals surface area contributed by atoms with E-state index in [2.05, 4.69) is 15.4 Å². The topological polar surface area (TPSA) is 88.8 Å². The number of hydrogen-bond acceptors (Lipinski definition) is 5. The quantitative estimate of drug-likeness (QED) is 0.518. The molecule has 0 bridgehead atoms. The van der Waals surface area contributed by atoms with Crippen molar-refractivity contribution in [3.8, 4) is 16.9 Å². The molecule has 28 heavy (non-hydrogen) atoms. The molecule has 0 unspecified atom stereocenters. The van der Waals surface area contributed by atoms with Gasteiger partial charge in [-0.2, -0.15) is 4.98 Å². The van der Waals surface area contributed by atoms with Crippen molar-refractivity contribution in [1.29, 1.82) is 0 Å². The van der Waals surface area contributed by atoms with Crippen LogP contribution in [0.2, 0.25) is 5.02 Å². The molecule has 7 nitrogen and oxygen atoms in total. The lowest BCUT2D eigenvalue weighted by atomic mass is 10.1. The SMILES string of the molecule is COc1ccc(-c2cccn3nc(Nc4ccc(C(=O)O)c(Cl)c4)nc23)cc1. The Balaban J connectivity index is 1.68. The lowest BCUT2D eigenvalue weighted by molar-refractivity contribution is 0.0697. The number of aromatic nitrogens is 3. The van der Waals surface area contributed by atoms with E-state index in [1.54, 1.807) is 23.9 Å². The van der Waals surface area contributed by atoms with Crippen LogP contribution in [0.5, 0.6) is 5.75 Å². The summed E-state index contributed by atoms with van der Waals surface area (Å²) in [5.41, 5.74) is 3.22. The van der Waals surface area contributed by atoms with Crippen molar-refractivity contribution in [3.63, 3.8) is 0 Å². The summed E-state index contributed by atoms with van der Waals surface area (Å²) >= 11 is 6.02. The Morgan fingerprint density at radius 2 is 1.96 bits per heavy atom. The van der Waals surface area contributed by atoms with Crippen LogP contribution < -0.4 is 10.1 Å². The Labute approximate surface area is 165 Å². The first kappa shape index (κ1) is 17.8. The molecular formula is C20H15ClN4O3. The predicted molar refractivity (Wildman–Crippen MR) is 107 cm³/mol. The molecular weight excluding hydrogens is 380 g/mol. The van der Waals surface area contributed by atoms with Crippen LogP contribution in [-0.2, 0) is 0 Å². The number of fused-ring (bicyclic) bond motifs is 1. The van der Waals surface area contributed by atoms with E-state index in [1.807, 2.05) is 36.4 Å². The van der Waals surface area contributed by atoms with Gasteiger partial charge >= 0.3 is 5.97 Å². The van der Waals surface area contributed by atoms with E-state index in [0.29, 0.717) is 17.3 Å². The molecule has 0 atom stereocenters. The van der Waals surface area contributed by atoms with Gasteiger partial charge in [-0.05, 0) is 48.0 Å². The molecule has 0 saturated carbocycles. The number of halogens is 1. The third kappa shape index (κ3) is 3.35. The second-order valence-electron chi connectivity index (χ2n) is 5.98. The van der Waals surface area contributed by atoms with Gasteiger partial charge in [0.05, 0.1) is 17.7 Å². The minimum Gasteiger partial charge on any atom is -0.497 e. The number of aromatic carboxylic acids is 1. The van der Waals surface area contributed by atoms with Crippen molar-refractivity contribution in [3.05, 3.63) is 71.4 Å². The van der Waals surface area contributed by atoms with Crippen LogP contribution >= 0.6 is 11.6 Å². The summed E-state index contributed by atoms with van der Waals surface area (Å²) < 4.78 is 6.88. The number of rotatable bonds is 5. The Kier molecular flexibility index (Phi) is 4.58. The zero-order valence-corrected chi connectivity index (χ0v) is 15.5. The number of ether oxygens (including phenoxy) is 1. The van der Waals surface area contributed by atoms with Gasteiger partial charge in [-0.15, -0.1) is 5.10 Å². The molecule has 0 spiro atoms. The van der Waals surface area contributed by atoms with Gasteiger partial charge in [-0.25, -0.2) is 9.31 Å². The Bertz CT molecular complexity index is 1170. The van der Waals surface area contributed by atoms with Crippen molar-refractivity contribution in [2.24, 2.45) is 0 Å². The van der Waals surface area contributed by atoms with E-state index in [4.69, 9.17) is 21.4 Å². The number of anilines is 2. The molecule has 0 aliphatic rings. The number of methoxy groups -OCH3 is 1. The maximum atomic E-state index is 11.1. The summed E-state index contributed by atoms with van der Waals surface area (Å²) in [6.07, 6.45) is 1.81. The van der Waals surface area contributed by atoms with Crippen molar-refractivity contribution < 1.29 is 14.6 Å². The smallest absolute Gasteiger partial charge is 0.337 e. The molecule has 2 aromatic heterocycles. The van der Waals surface area contributed by atoms with Crippen LogP contribution in [0.15, 0.2) is 60.8 Å². The number of pyridine rings is 1. The van der Waals surface area contributed by atoms with Crippen LogP contribution in [0.3, 0.4) is 0 Å². The Morgan fingerprint density at radius 1 is 1.18 bits per heavy atom. The highest BCUT2D eigenvalue weighted by molar-refractivity contribution is 6.33.